The Kier molecular flexibility index (Phi) is 8.29. The molecule has 0 spiro atoms. The Hall–Kier alpha value is -4.06. The van der Waals surface area contributed by atoms with E-state index in [0.717, 1.165) is 14.7 Å². The second kappa shape index (κ2) is 11.8. The predicted octanol–water partition coefficient (Wildman–Crippen LogP) is 1.84. The van der Waals surface area contributed by atoms with Crippen molar-refractivity contribution in [3.63, 3.8) is 0 Å². The maximum Gasteiger partial charge on any atom is 0.338 e. The zero-order chi connectivity index (χ0) is 26.4. The molecular formula is C26H26N2O9. The van der Waals surface area contributed by atoms with Gasteiger partial charge in [0.2, 0.25) is 6.29 Å². The molecule has 1 aliphatic heterocycles. The fraction of sp³-hybridized carbons (Fsp3) is 0.308. The third kappa shape index (κ3) is 6.02. The summed E-state index contributed by atoms with van der Waals surface area (Å²) in [5, 5.41) is 0. The molecule has 1 saturated heterocycles. The first-order chi connectivity index (χ1) is 17.9. The molecule has 11 nitrogen and oxygen atoms in total. The van der Waals surface area contributed by atoms with Crippen LogP contribution in [0.5, 0.6) is 0 Å². The number of hydrogen-bond acceptors (Lipinski definition) is 9. The predicted molar refractivity (Wildman–Crippen MR) is 128 cm³/mol. The summed E-state index contributed by atoms with van der Waals surface area (Å²) in [6, 6.07) is 18.7. The highest BCUT2D eigenvalue weighted by molar-refractivity contribution is 5.89. The van der Waals surface area contributed by atoms with Crippen molar-refractivity contribution in [2.24, 2.45) is 0 Å². The van der Waals surface area contributed by atoms with Crippen LogP contribution < -0.4 is 11.2 Å². The minimum atomic E-state index is -1.36. The lowest BCUT2D eigenvalue weighted by Crippen LogP contribution is -2.44. The molecule has 2 aromatic carbocycles. The highest BCUT2D eigenvalue weighted by atomic mass is 16.7. The normalized spacial score (nSPS) is 20.9. The quantitative estimate of drug-likeness (QED) is 0.397. The number of hydrogen-bond donors (Lipinski definition) is 0. The van der Waals surface area contributed by atoms with Crippen molar-refractivity contribution >= 4 is 11.9 Å². The first-order valence-corrected chi connectivity index (χ1v) is 11.4. The largest absolute Gasteiger partial charge is 0.449 e. The van der Waals surface area contributed by atoms with Gasteiger partial charge in [-0.2, -0.15) is 0 Å². The number of rotatable bonds is 9. The third-order valence-corrected chi connectivity index (χ3v) is 5.66. The molecule has 1 fully saturated rings. The van der Waals surface area contributed by atoms with E-state index in [-0.39, 0.29) is 18.9 Å². The highest BCUT2D eigenvalue weighted by Crippen LogP contribution is 2.33. The molecule has 4 rings (SSSR count). The van der Waals surface area contributed by atoms with E-state index in [2.05, 4.69) is 0 Å². The smallest absolute Gasteiger partial charge is 0.338 e. The van der Waals surface area contributed by atoms with Crippen LogP contribution in [-0.2, 0) is 41.8 Å². The van der Waals surface area contributed by atoms with Gasteiger partial charge in [0, 0.05) is 26.3 Å². The summed E-state index contributed by atoms with van der Waals surface area (Å²) in [6.45, 7) is 1.05. The highest BCUT2D eigenvalue weighted by Gasteiger charge is 2.51. The molecule has 0 aliphatic carbocycles. The summed E-state index contributed by atoms with van der Waals surface area (Å²) < 4.78 is 29.7. The van der Waals surface area contributed by atoms with E-state index < -0.39 is 47.9 Å². The monoisotopic (exact) mass is 510 g/mol. The molecule has 2 unspecified atom stereocenters. The van der Waals surface area contributed by atoms with Gasteiger partial charge in [-0.25, -0.2) is 14.2 Å². The second-order valence-electron chi connectivity index (χ2n) is 8.18. The Labute approximate surface area is 211 Å². The number of nitrogens with zero attached hydrogens (tertiary/aromatic N) is 2. The van der Waals surface area contributed by atoms with Gasteiger partial charge in [-0.1, -0.05) is 48.5 Å². The average molecular weight is 510 g/mol. The second-order valence-corrected chi connectivity index (χ2v) is 8.18. The standard InChI is InChI=1S/C26H26N2O9/c1-17(29)35-25-22(36-24(31)19-11-7-4-8-12-19)21(33-2)23(37-25)27-14-13-20(30)28(26(27)32)16-34-15-18-9-5-3-6-10-18/h3-14,21-23,25H,15-16H2,1-2H3/t21?,22?,23-,25-/m1/s1. The number of benzene rings is 2. The number of carbonyl (C=O) groups excluding carboxylic acids is 2. The van der Waals surface area contributed by atoms with Gasteiger partial charge in [-0.15, -0.1) is 0 Å². The summed E-state index contributed by atoms with van der Waals surface area (Å²) in [5.74, 6) is -1.38. The lowest BCUT2D eigenvalue weighted by molar-refractivity contribution is -0.191. The van der Waals surface area contributed by atoms with E-state index in [1.54, 1.807) is 30.3 Å². The average Bonchev–Trinajstić information content (AvgIpc) is 3.22. The van der Waals surface area contributed by atoms with Crippen LogP contribution in [-0.4, -0.2) is 46.7 Å². The zero-order valence-corrected chi connectivity index (χ0v) is 20.2. The van der Waals surface area contributed by atoms with Crippen LogP contribution in [0.1, 0.15) is 29.1 Å². The van der Waals surface area contributed by atoms with Gasteiger partial charge in [-0.3, -0.25) is 14.2 Å². The van der Waals surface area contributed by atoms with E-state index in [1.807, 2.05) is 30.3 Å². The summed E-state index contributed by atoms with van der Waals surface area (Å²) in [5.41, 5.74) is -0.185. The van der Waals surface area contributed by atoms with Crippen molar-refractivity contribution in [1.29, 1.82) is 0 Å². The van der Waals surface area contributed by atoms with E-state index in [1.165, 1.54) is 26.3 Å². The molecule has 4 atom stereocenters. The van der Waals surface area contributed by atoms with Gasteiger partial charge >= 0.3 is 17.6 Å². The van der Waals surface area contributed by atoms with Crippen LogP contribution in [0.15, 0.2) is 82.5 Å². The summed E-state index contributed by atoms with van der Waals surface area (Å²) in [7, 11) is 1.34. The van der Waals surface area contributed by atoms with Gasteiger partial charge in [0.1, 0.15) is 12.8 Å². The van der Waals surface area contributed by atoms with Crippen molar-refractivity contribution in [2.45, 2.75) is 45.0 Å². The fourth-order valence-electron chi connectivity index (χ4n) is 3.90. The van der Waals surface area contributed by atoms with Gasteiger partial charge in [0.15, 0.2) is 12.3 Å². The van der Waals surface area contributed by atoms with Crippen molar-refractivity contribution in [2.75, 3.05) is 7.11 Å². The maximum atomic E-state index is 13.3. The molecule has 1 aliphatic rings. The molecule has 11 heteroatoms. The van der Waals surface area contributed by atoms with Gasteiger partial charge < -0.3 is 23.7 Å². The molecule has 2 heterocycles. The van der Waals surface area contributed by atoms with Crippen LogP contribution in [0.3, 0.4) is 0 Å². The first-order valence-electron chi connectivity index (χ1n) is 11.4. The Bertz CT molecular complexity index is 1340. The number of aromatic nitrogens is 2. The molecule has 0 amide bonds. The molecule has 0 bridgehead atoms. The summed E-state index contributed by atoms with van der Waals surface area (Å²) >= 11 is 0. The summed E-state index contributed by atoms with van der Waals surface area (Å²) in [6.07, 6.45) is -3.56. The van der Waals surface area contributed by atoms with E-state index in [0.29, 0.717) is 0 Å². The molecule has 0 radical (unpaired) electrons. The molecular weight excluding hydrogens is 484 g/mol. The molecule has 37 heavy (non-hydrogen) atoms. The van der Waals surface area contributed by atoms with Crippen LogP contribution in [0.25, 0.3) is 0 Å². The van der Waals surface area contributed by atoms with E-state index in [4.69, 9.17) is 23.7 Å². The van der Waals surface area contributed by atoms with Crippen LogP contribution in [0, 0.1) is 0 Å². The molecule has 194 valence electrons. The van der Waals surface area contributed by atoms with Crippen molar-refractivity contribution in [3.8, 4) is 0 Å². The lowest BCUT2D eigenvalue weighted by Gasteiger charge is -2.23. The van der Waals surface area contributed by atoms with Crippen LogP contribution in [0.2, 0.25) is 0 Å². The third-order valence-electron chi connectivity index (χ3n) is 5.66. The van der Waals surface area contributed by atoms with E-state index in [9.17, 15) is 19.2 Å². The summed E-state index contributed by atoms with van der Waals surface area (Å²) in [4.78, 5) is 50.2. The number of ether oxygens (including phenoxy) is 5. The topological polar surface area (TPSA) is 124 Å². The van der Waals surface area contributed by atoms with Crippen LogP contribution >= 0.6 is 0 Å². The first kappa shape index (κ1) is 26.0. The van der Waals surface area contributed by atoms with Gasteiger partial charge in [0.05, 0.1) is 12.2 Å². The number of methoxy groups -OCH3 is 1. The fourth-order valence-corrected chi connectivity index (χ4v) is 3.90. The Morgan fingerprint density at radius 2 is 1.59 bits per heavy atom. The molecule has 0 saturated carbocycles. The SMILES string of the molecule is COC1C(OC(=O)c2ccccc2)[C@H](OC(C)=O)O[C@H]1n1ccc(=O)n(COCc2ccccc2)c1=O. The van der Waals surface area contributed by atoms with Gasteiger partial charge in [-0.05, 0) is 17.7 Å². The number of esters is 2. The Balaban J connectivity index is 1.59. The minimum absolute atomic E-state index is 0.189. The lowest BCUT2D eigenvalue weighted by atomic mass is 10.2. The van der Waals surface area contributed by atoms with Crippen molar-refractivity contribution in [3.05, 3.63) is 105 Å². The maximum absolute atomic E-state index is 13.3. The number of carbonyl (C=O) groups is 2. The Morgan fingerprint density at radius 1 is 0.919 bits per heavy atom. The van der Waals surface area contributed by atoms with Crippen molar-refractivity contribution in [1.82, 2.24) is 9.13 Å². The zero-order valence-electron chi connectivity index (χ0n) is 20.2. The van der Waals surface area contributed by atoms with E-state index >= 15 is 0 Å². The minimum Gasteiger partial charge on any atom is -0.449 e. The van der Waals surface area contributed by atoms with Gasteiger partial charge in [0.25, 0.3) is 5.56 Å². The molecule has 3 aromatic rings. The molecule has 0 N–H and O–H groups in total. The Morgan fingerprint density at radius 3 is 2.24 bits per heavy atom. The van der Waals surface area contributed by atoms with Crippen LogP contribution in [0.4, 0.5) is 0 Å². The molecule has 1 aromatic heterocycles. The van der Waals surface area contributed by atoms with Crippen molar-refractivity contribution < 1.29 is 33.3 Å².